The van der Waals surface area contributed by atoms with Gasteiger partial charge in [-0.05, 0) is 48.4 Å². The first-order valence-electron chi connectivity index (χ1n) is 11.7. The van der Waals surface area contributed by atoms with Gasteiger partial charge in [0.25, 0.3) is 0 Å². The lowest BCUT2D eigenvalue weighted by Crippen LogP contribution is -2.31. The van der Waals surface area contributed by atoms with Crippen LogP contribution in [0.15, 0.2) is 36.8 Å². The number of fused-ring (bicyclic) bond motifs is 2. The van der Waals surface area contributed by atoms with E-state index in [0.717, 1.165) is 64.7 Å². The Kier molecular flexibility index (Phi) is 6.01. The fraction of sp³-hybridized carbons (Fsp3) is 0.385. The summed E-state index contributed by atoms with van der Waals surface area (Å²) >= 11 is 6.17. The molecule has 1 aliphatic heterocycles. The quantitative estimate of drug-likeness (QED) is 0.500. The molecule has 0 atom stereocenters. The maximum Gasteiger partial charge on any atom is 0.411 e. The van der Waals surface area contributed by atoms with Crippen molar-refractivity contribution in [1.82, 2.24) is 15.0 Å². The first kappa shape index (κ1) is 23.4. The highest BCUT2D eigenvalue weighted by Gasteiger charge is 2.30. The molecule has 1 N–H and O–H groups in total. The third-order valence-electron chi connectivity index (χ3n) is 6.85. The number of hydrogen-bond acceptors (Lipinski definition) is 6. The molecule has 0 saturated heterocycles. The number of aryl methyl sites for hydroxylation is 1. The van der Waals surface area contributed by atoms with Gasteiger partial charge >= 0.3 is 6.09 Å². The summed E-state index contributed by atoms with van der Waals surface area (Å²) in [5.41, 5.74) is 5.66. The maximum atomic E-state index is 11.4. The van der Waals surface area contributed by atoms with Gasteiger partial charge in [-0.25, -0.2) is 19.7 Å². The van der Waals surface area contributed by atoms with Crippen LogP contribution in [0.2, 0.25) is 5.15 Å². The fourth-order valence-electron chi connectivity index (χ4n) is 4.82. The van der Waals surface area contributed by atoms with Gasteiger partial charge in [-0.2, -0.15) is 0 Å². The normalized spacial score (nSPS) is 16.5. The number of rotatable bonds is 3. The molecule has 8 nitrogen and oxygen atoms in total. The highest BCUT2D eigenvalue weighted by molar-refractivity contribution is 6.32. The highest BCUT2D eigenvalue weighted by Crippen LogP contribution is 2.39. The molecule has 5 rings (SSSR count). The van der Waals surface area contributed by atoms with Crippen molar-refractivity contribution >= 4 is 29.2 Å². The van der Waals surface area contributed by atoms with Gasteiger partial charge in [0.2, 0.25) is 0 Å². The molecule has 3 aromatic rings. The third kappa shape index (κ3) is 4.62. The maximum absolute atomic E-state index is 11.4. The van der Waals surface area contributed by atoms with Crippen LogP contribution in [0, 0.1) is 5.41 Å². The summed E-state index contributed by atoms with van der Waals surface area (Å²) in [7, 11) is 1.45. The molecule has 0 fully saturated rings. The minimum atomic E-state index is -1.10. The molecule has 9 heteroatoms. The predicted molar refractivity (Wildman–Crippen MR) is 135 cm³/mol. The van der Waals surface area contributed by atoms with Crippen molar-refractivity contribution in [3.8, 4) is 16.9 Å². The van der Waals surface area contributed by atoms with E-state index in [4.69, 9.17) is 21.3 Å². The van der Waals surface area contributed by atoms with Crippen molar-refractivity contribution in [3.05, 3.63) is 58.8 Å². The summed E-state index contributed by atoms with van der Waals surface area (Å²) in [4.78, 5) is 28.3. The number of amides is 1. The van der Waals surface area contributed by atoms with Crippen LogP contribution in [-0.2, 0) is 19.4 Å². The molecule has 182 valence electrons. The number of ether oxygens (including phenoxy) is 1. The van der Waals surface area contributed by atoms with E-state index in [1.54, 1.807) is 18.6 Å². The average Bonchev–Trinajstić information content (AvgIpc) is 3.04. The molecule has 0 bridgehead atoms. The van der Waals surface area contributed by atoms with E-state index < -0.39 is 6.09 Å². The lowest BCUT2D eigenvalue weighted by Gasteiger charge is -2.33. The Morgan fingerprint density at radius 3 is 2.83 bits per heavy atom. The number of carbonyl (C=O) groups is 1. The summed E-state index contributed by atoms with van der Waals surface area (Å²) in [6.07, 6.45) is 5.28. The summed E-state index contributed by atoms with van der Waals surface area (Å²) in [6.45, 7) is 6.54. The van der Waals surface area contributed by atoms with Gasteiger partial charge in [0, 0.05) is 42.2 Å². The first-order valence-corrected chi connectivity index (χ1v) is 12.1. The Balaban J connectivity index is 1.49. The second kappa shape index (κ2) is 9.00. The van der Waals surface area contributed by atoms with Crippen molar-refractivity contribution in [2.24, 2.45) is 5.41 Å². The van der Waals surface area contributed by atoms with E-state index in [2.05, 4.69) is 34.8 Å². The van der Waals surface area contributed by atoms with Crippen LogP contribution in [-0.4, -0.2) is 46.4 Å². The molecule has 0 radical (unpaired) electrons. The number of pyridine rings is 1. The van der Waals surface area contributed by atoms with E-state index >= 15 is 0 Å². The summed E-state index contributed by atoms with van der Waals surface area (Å²) in [5, 5.41) is 9.51. The van der Waals surface area contributed by atoms with Gasteiger partial charge in [0.05, 0.1) is 12.2 Å². The van der Waals surface area contributed by atoms with Crippen molar-refractivity contribution in [1.29, 1.82) is 0 Å². The van der Waals surface area contributed by atoms with E-state index in [1.165, 1.54) is 12.6 Å². The van der Waals surface area contributed by atoms with Crippen LogP contribution in [0.1, 0.15) is 37.1 Å². The summed E-state index contributed by atoms with van der Waals surface area (Å²) in [5.74, 6) is 1.83. The molecule has 0 unspecified atom stereocenters. The van der Waals surface area contributed by atoms with E-state index in [-0.39, 0.29) is 10.6 Å². The van der Waals surface area contributed by atoms with Crippen LogP contribution in [0.25, 0.3) is 11.1 Å². The van der Waals surface area contributed by atoms with Gasteiger partial charge in [-0.15, -0.1) is 0 Å². The number of benzene rings is 1. The summed E-state index contributed by atoms with van der Waals surface area (Å²) in [6, 6.07) is 7.73. The molecule has 35 heavy (non-hydrogen) atoms. The van der Waals surface area contributed by atoms with Gasteiger partial charge in [-0.1, -0.05) is 31.5 Å². The number of nitrogens with zero attached hydrogens (tertiary/aromatic N) is 5. The second-order valence-electron chi connectivity index (χ2n) is 9.93. The zero-order chi connectivity index (χ0) is 24.7. The molecule has 0 spiro atoms. The highest BCUT2D eigenvalue weighted by atomic mass is 35.5. The number of aromatic nitrogens is 3. The van der Waals surface area contributed by atoms with Crippen LogP contribution >= 0.6 is 11.6 Å². The van der Waals surface area contributed by atoms with Gasteiger partial charge < -0.3 is 14.7 Å². The molecule has 1 aliphatic carbocycles. The monoisotopic (exact) mass is 493 g/mol. The van der Waals surface area contributed by atoms with Gasteiger partial charge in [-0.3, -0.25) is 4.90 Å². The van der Waals surface area contributed by atoms with Crippen molar-refractivity contribution < 1.29 is 14.6 Å². The second-order valence-corrected chi connectivity index (χ2v) is 10.3. The van der Waals surface area contributed by atoms with Crippen molar-refractivity contribution in [2.45, 2.75) is 39.7 Å². The van der Waals surface area contributed by atoms with Gasteiger partial charge in [0.15, 0.2) is 5.15 Å². The zero-order valence-electron chi connectivity index (χ0n) is 20.1. The lowest BCUT2D eigenvalue weighted by atomic mass is 9.76. The molecular weight excluding hydrogens is 466 g/mol. The molecule has 0 saturated carbocycles. The average molecular weight is 494 g/mol. The van der Waals surface area contributed by atoms with E-state index in [1.807, 2.05) is 12.1 Å². The van der Waals surface area contributed by atoms with Crippen LogP contribution in [0.4, 0.5) is 16.3 Å². The fourth-order valence-corrected chi connectivity index (χ4v) is 5.05. The standard InChI is InChI=1S/C26H28ClN5O3/c1-26(2)7-6-20-19(12-26)24(30-15-29-20)32-8-9-35-22-5-4-16(10-18(22)14-32)17-11-21(23(27)28-13-17)31(3)25(33)34/h4-5,10-11,13,15H,6-9,12,14H2,1-3H3,(H,33,34). The number of halogens is 1. The Labute approximate surface area is 209 Å². The first-order chi connectivity index (χ1) is 16.7. The minimum absolute atomic E-state index is 0.138. The van der Waals surface area contributed by atoms with Crippen LogP contribution < -0.4 is 14.5 Å². The Bertz CT molecular complexity index is 1300. The predicted octanol–water partition coefficient (Wildman–Crippen LogP) is 5.22. The minimum Gasteiger partial charge on any atom is -0.491 e. The van der Waals surface area contributed by atoms with E-state index in [9.17, 15) is 9.90 Å². The van der Waals surface area contributed by atoms with Crippen LogP contribution in [0.5, 0.6) is 5.75 Å². The zero-order valence-corrected chi connectivity index (χ0v) is 20.8. The number of carboxylic acid groups (broad SMARTS) is 1. The molecule has 1 aromatic carbocycles. The van der Waals surface area contributed by atoms with E-state index in [0.29, 0.717) is 18.8 Å². The third-order valence-corrected chi connectivity index (χ3v) is 7.14. The topological polar surface area (TPSA) is 91.7 Å². The Hall–Kier alpha value is -3.39. The molecule has 1 amide bonds. The van der Waals surface area contributed by atoms with Crippen LogP contribution in [0.3, 0.4) is 0 Å². The molecule has 2 aromatic heterocycles. The molecule has 3 heterocycles. The lowest BCUT2D eigenvalue weighted by molar-refractivity contribution is 0.203. The number of hydrogen-bond donors (Lipinski definition) is 1. The molecule has 2 aliphatic rings. The van der Waals surface area contributed by atoms with Crippen molar-refractivity contribution in [3.63, 3.8) is 0 Å². The van der Waals surface area contributed by atoms with Crippen molar-refractivity contribution in [2.75, 3.05) is 30.0 Å². The molecular formula is C26H28ClN5O3. The van der Waals surface area contributed by atoms with Gasteiger partial charge in [0.1, 0.15) is 24.5 Å². The largest absolute Gasteiger partial charge is 0.491 e. The Morgan fingerprint density at radius 1 is 1.20 bits per heavy atom. The smallest absolute Gasteiger partial charge is 0.411 e. The Morgan fingerprint density at radius 2 is 2.03 bits per heavy atom. The summed E-state index contributed by atoms with van der Waals surface area (Å²) < 4.78 is 6.08. The SMILES string of the molecule is CN(C(=O)O)c1cc(-c2ccc3c(c2)CN(c2ncnc4c2CC(C)(C)CC4)CCO3)cnc1Cl. The number of anilines is 2.